The van der Waals surface area contributed by atoms with Gasteiger partial charge in [-0.15, -0.1) is 5.10 Å². The zero-order valence-corrected chi connectivity index (χ0v) is 8.81. The van der Waals surface area contributed by atoms with Crippen molar-refractivity contribution in [2.75, 3.05) is 6.61 Å². The largest absolute Gasteiger partial charge is 0.377 e. The first-order valence-electron chi connectivity index (χ1n) is 4.97. The molecule has 14 heavy (non-hydrogen) atoms. The van der Waals surface area contributed by atoms with Crippen LogP contribution in [0.3, 0.4) is 0 Å². The summed E-state index contributed by atoms with van der Waals surface area (Å²) in [6, 6.07) is 0. The molecule has 0 amide bonds. The molecular formula is C9H18N4O. The van der Waals surface area contributed by atoms with Gasteiger partial charge >= 0.3 is 0 Å². The summed E-state index contributed by atoms with van der Waals surface area (Å²) in [5.41, 5.74) is 6.23. The van der Waals surface area contributed by atoms with Crippen molar-refractivity contribution in [2.45, 2.75) is 39.5 Å². The van der Waals surface area contributed by atoms with Crippen LogP contribution in [-0.2, 0) is 17.8 Å². The molecule has 5 nitrogen and oxygen atoms in total. The fraction of sp³-hybridized carbons (Fsp3) is 0.778. The molecule has 0 saturated carbocycles. The normalized spacial score (nSPS) is 13.1. The van der Waals surface area contributed by atoms with Gasteiger partial charge in [-0.2, -0.15) is 0 Å². The predicted octanol–water partition coefficient (Wildman–Crippen LogP) is 0.552. The lowest BCUT2D eigenvalue weighted by atomic mass is 10.3. The maximum Gasteiger partial charge on any atom is 0.0962 e. The highest BCUT2D eigenvalue weighted by atomic mass is 16.5. The fourth-order valence-corrected chi connectivity index (χ4v) is 1.01. The van der Waals surface area contributed by atoms with Crippen LogP contribution in [0, 0.1) is 0 Å². The van der Waals surface area contributed by atoms with E-state index in [1.807, 2.05) is 6.20 Å². The van der Waals surface area contributed by atoms with Crippen molar-refractivity contribution in [3.63, 3.8) is 0 Å². The van der Waals surface area contributed by atoms with Gasteiger partial charge < -0.3 is 10.5 Å². The predicted molar refractivity (Wildman–Crippen MR) is 53.6 cm³/mol. The average molecular weight is 198 g/mol. The molecule has 0 fully saturated rings. The minimum absolute atomic E-state index is 0.313. The van der Waals surface area contributed by atoms with Gasteiger partial charge in [0.15, 0.2) is 0 Å². The Labute approximate surface area is 84.2 Å². The summed E-state index contributed by atoms with van der Waals surface area (Å²) in [5.74, 6) is 0. The SMILES string of the molecule is CCC(C)OCCn1cc(CN)nn1. The van der Waals surface area contributed by atoms with Crippen molar-refractivity contribution in [3.05, 3.63) is 11.9 Å². The van der Waals surface area contributed by atoms with E-state index in [-0.39, 0.29) is 0 Å². The van der Waals surface area contributed by atoms with Crippen LogP contribution < -0.4 is 5.73 Å². The molecule has 0 bridgehead atoms. The quantitative estimate of drug-likeness (QED) is 0.725. The molecule has 0 aliphatic carbocycles. The van der Waals surface area contributed by atoms with Gasteiger partial charge in [0.05, 0.1) is 24.9 Å². The van der Waals surface area contributed by atoms with E-state index in [1.165, 1.54) is 0 Å². The molecule has 0 aromatic carbocycles. The molecule has 0 spiro atoms. The van der Waals surface area contributed by atoms with Crippen molar-refractivity contribution in [1.82, 2.24) is 15.0 Å². The van der Waals surface area contributed by atoms with Crippen LogP contribution in [0.25, 0.3) is 0 Å². The molecule has 1 atom stereocenters. The smallest absolute Gasteiger partial charge is 0.0962 e. The summed E-state index contributed by atoms with van der Waals surface area (Å²) in [6.07, 6.45) is 3.19. The highest BCUT2D eigenvalue weighted by molar-refractivity contribution is 4.90. The van der Waals surface area contributed by atoms with Gasteiger partial charge in [0, 0.05) is 12.7 Å². The molecule has 80 valence electrons. The molecule has 1 aromatic heterocycles. The monoisotopic (exact) mass is 198 g/mol. The van der Waals surface area contributed by atoms with Crippen molar-refractivity contribution in [1.29, 1.82) is 0 Å². The summed E-state index contributed by atoms with van der Waals surface area (Å²) in [5, 5.41) is 7.80. The molecular weight excluding hydrogens is 180 g/mol. The standard InChI is InChI=1S/C9H18N4O/c1-3-8(2)14-5-4-13-7-9(6-10)11-12-13/h7-8H,3-6,10H2,1-2H3. The summed E-state index contributed by atoms with van der Waals surface area (Å²) in [6.45, 7) is 6.01. The summed E-state index contributed by atoms with van der Waals surface area (Å²) in [7, 11) is 0. The first-order chi connectivity index (χ1) is 6.76. The zero-order chi connectivity index (χ0) is 10.4. The molecule has 5 heteroatoms. The third-order valence-electron chi connectivity index (χ3n) is 2.09. The molecule has 1 unspecified atom stereocenters. The van der Waals surface area contributed by atoms with E-state index in [0.717, 1.165) is 18.7 Å². The fourth-order valence-electron chi connectivity index (χ4n) is 1.01. The number of rotatable bonds is 6. The first kappa shape index (κ1) is 11.1. The number of hydrogen-bond acceptors (Lipinski definition) is 4. The number of hydrogen-bond donors (Lipinski definition) is 1. The highest BCUT2D eigenvalue weighted by Gasteiger charge is 2.00. The molecule has 1 aromatic rings. The minimum Gasteiger partial charge on any atom is -0.377 e. The topological polar surface area (TPSA) is 66.0 Å². The van der Waals surface area contributed by atoms with Crippen molar-refractivity contribution < 1.29 is 4.74 Å². The summed E-state index contributed by atoms with van der Waals surface area (Å²) in [4.78, 5) is 0. The van der Waals surface area contributed by atoms with Crippen LogP contribution in [0.15, 0.2) is 6.20 Å². The lowest BCUT2D eigenvalue weighted by Crippen LogP contribution is -2.12. The van der Waals surface area contributed by atoms with Crippen LogP contribution in [0.5, 0.6) is 0 Å². The Morgan fingerprint density at radius 2 is 2.43 bits per heavy atom. The third-order valence-corrected chi connectivity index (χ3v) is 2.09. The van der Waals surface area contributed by atoms with Gasteiger partial charge in [-0.25, -0.2) is 4.68 Å². The Kier molecular flexibility index (Phi) is 4.55. The molecule has 0 aliphatic heterocycles. The maximum atomic E-state index is 5.52. The van der Waals surface area contributed by atoms with Gasteiger partial charge in [0.1, 0.15) is 0 Å². The zero-order valence-electron chi connectivity index (χ0n) is 8.81. The van der Waals surface area contributed by atoms with Gasteiger partial charge in [-0.3, -0.25) is 0 Å². The van der Waals surface area contributed by atoms with E-state index in [1.54, 1.807) is 4.68 Å². The summed E-state index contributed by atoms with van der Waals surface area (Å²) >= 11 is 0. The Morgan fingerprint density at radius 3 is 3.00 bits per heavy atom. The molecule has 1 heterocycles. The molecule has 2 N–H and O–H groups in total. The second-order valence-electron chi connectivity index (χ2n) is 3.27. The van der Waals surface area contributed by atoms with Gasteiger partial charge in [-0.1, -0.05) is 12.1 Å². The van der Waals surface area contributed by atoms with Crippen LogP contribution in [0.4, 0.5) is 0 Å². The van der Waals surface area contributed by atoms with E-state index in [2.05, 4.69) is 24.2 Å². The second-order valence-corrected chi connectivity index (χ2v) is 3.27. The van der Waals surface area contributed by atoms with Gasteiger partial charge in [0.2, 0.25) is 0 Å². The minimum atomic E-state index is 0.313. The van der Waals surface area contributed by atoms with E-state index in [0.29, 0.717) is 19.3 Å². The number of aromatic nitrogens is 3. The van der Waals surface area contributed by atoms with Gasteiger partial charge in [-0.05, 0) is 13.3 Å². The van der Waals surface area contributed by atoms with E-state index in [9.17, 15) is 0 Å². The van der Waals surface area contributed by atoms with Crippen LogP contribution in [0.1, 0.15) is 26.0 Å². The van der Waals surface area contributed by atoms with E-state index >= 15 is 0 Å². The van der Waals surface area contributed by atoms with E-state index in [4.69, 9.17) is 10.5 Å². The highest BCUT2D eigenvalue weighted by Crippen LogP contribution is 1.96. The third kappa shape index (κ3) is 3.43. The average Bonchev–Trinajstić information content (AvgIpc) is 2.65. The Bertz CT molecular complexity index is 261. The molecule has 0 saturated heterocycles. The molecule has 0 aliphatic rings. The Morgan fingerprint density at radius 1 is 1.64 bits per heavy atom. The Hall–Kier alpha value is -0.940. The lowest BCUT2D eigenvalue weighted by Gasteiger charge is -2.09. The van der Waals surface area contributed by atoms with Gasteiger partial charge in [0.25, 0.3) is 0 Å². The van der Waals surface area contributed by atoms with Crippen molar-refractivity contribution in [3.8, 4) is 0 Å². The van der Waals surface area contributed by atoms with Crippen LogP contribution in [0.2, 0.25) is 0 Å². The Balaban J connectivity index is 2.24. The van der Waals surface area contributed by atoms with Crippen LogP contribution in [-0.4, -0.2) is 27.7 Å². The number of ether oxygens (including phenoxy) is 1. The second kappa shape index (κ2) is 5.72. The number of nitrogens with zero attached hydrogens (tertiary/aromatic N) is 3. The molecule has 0 radical (unpaired) electrons. The van der Waals surface area contributed by atoms with Crippen LogP contribution >= 0.6 is 0 Å². The maximum absolute atomic E-state index is 5.52. The first-order valence-corrected chi connectivity index (χ1v) is 4.97. The lowest BCUT2D eigenvalue weighted by molar-refractivity contribution is 0.0562. The van der Waals surface area contributed by atoms with E-state index < -0.39 is 0 Å². The molecule has 1 rings (SSSR count). The van der Waals surface area contributed by atoms with Crippen molar-refractivity contribution >= 4 is 0 Å². The van der Waals surface area contributed by atoms with Crippen molar-refractivity contribution in [2.24, 2.45) is 5.73 Å². The number of nitrogens with two attached hydrogens (primary N) is 1. The summed E-state index contributed by atoms with van der Waals surface area (Å²) < 4.78 is 7.27.